The van der Waals surface area contributed by atoms with Crippen molar-refractivity contribution in [1.82, 2.24) is 20.2 Å². The molecule has 3 heterocycles. The molecular weight excluding hydrogens is 320 g/mol. The van der Waals surface area contributed by atoms with E-state index >= 15 is 0 Å². The first-order valence-corrected chi connectivity index (χ1v) is 8.81. The second-order valence-corrected chi connectivity index (χ2v) is 7.53. The third-order valence-corrected chi connectivity index (χ3v) is 5.54. The van der Waals surface area contributed by atoms with Crippen LogP contribution in [0.5, 0.6) is 0 Å². The van der Waals surface area contributed by atoms with E-state index in [1.54, 1.807) is 43.3 Å². The van der Waals surface area contributed by atoms with Crippen molar-refractivity contribution in [3.05, 3.63) is 17.8 Å². The van der Waals surface area contributed by atoms with E-state index in [0.29, 0.717) is 6.54 Å². The van der Waals surface area contributed by atoms with E-state index in [0.717, 1.165) is 27.4 Å². The second kappa shape index (κ2) is 5.85. The number of rotatable bonds is 5. The van der Waals surface area contributed by atoms with Crippen LogP contribution in [0.1, 0.15) is 20.3 Å². The van der Waals surface area contributed by atoms with Crippen molar-refractivity contribution < 1.29 is 9.59 Å². The highest BCUT2D eigenvalue weighted by Gasteiger charge is 2.43. The predicted molar refractivity (Wildman–Crippen MR) is 87.1 cm³/mol. The highest BCUT2D eigenvalue weighted by molar-refractivity contribution is 7.99. The lowest BCUT2D eigenvalue weighted by Crippen LogP contribution is -2.40. The third-order valence-electron chi connectivity index (χ3n) is 3.42. The molecule has 1 aliphatic rings. The molecule has 3 amide bonds. The summed E-state index contributed by atoms with van der Waals surface area (Å²) in [4.78, 5) is 33.6. The Labute approximate surface area is 136 Å². The van der Waals surface area contributed by atoms with Gasteiger partial charge in [-0.25, -0.2) is 14.8 Å². The number of nitrogens with one attached hydrogen (secondary N) is 1. The predicted octanol–water partition coefficient (Wildman–Crippen LogP) is 2.50. The van der Waals surface area contributed by atoms with Gasteiger partial charge in [-0.15, -0.1) is 23.1 Å². The zero-order valence-corrected chi connectivity index (χ0v) is 14.0. The van der Waals surface area contributed by atoms with Crippen LogP contribution in [0.15, 0.2) is 22.8 Å². The average Bonchev–Trinajstić information content (AvgIpc) is 3.01. The molecule has 2 aromatic rings. The Morgan fingerprint density at radius 2 is 2.18 bits per heavy atom. The van der Waals surface area contributed by atoms with E-state index in [1.807, 2.05) is 11.4 Å². The van der Waals surface area contributed by atoms with Crippen LogP contribution in [0, 0.1) is 0 Å². The summed E-state index contributed by atoms with van der Waals surface area (Å²) >= 11 is 3.25. The van der Waals surface area contributed by atoms with Crippen LogP contribution in [0.4, 0.5) is 4.79 Å². The molecule has 6 nitrogen and oxygen atoms in total. The van der Waals surface area contributed by atoms with Crippen molar-refractivity contribution in [2.75, 3.05) is 12.3 Å². The molecule has 22 heavy (non-hydrogen) atoms. The van der Waals surface area contributed by atoms with E-state index in [1.165, 1.54) is 4.90 Å². The molecule has 1 N–H and O–H groups in total. The molecule has 0 atom stereocenters. The number of fused-ring (bicyclic) bond motifs is 1. The van der Waals surface area contributed by atoms with E-state index in [9.17, 15) is 9.59 Å². The number of amides is 3. The molecule has 0 radical (unpaired) electrons. The summed E-state index contributed by atoms with van der Waals surface area (Å²) in [7, 11) is 0. The van der Waals surface area contributed by atoms with Gasteiger partial charge in [0.05, 0.1) is 10.2 Å². The lowest BCUT2D eigenvalue weighted by Gasteiger charge is -2.15. The van der Waals surface area contributed by atoms with Gasteiger partial charge in [-0.1, -0.05) is 0 Å². The van der Waals surface area contributed by atoms with Gasteiger partial charge in [0, 0.05) is 12.3 Å². The molecule has 0 spiro atoms. The number of imide groups is 1. The molecule has 0 aliphatic carbocycles. The zero-order chi connectivity index (χ0) is 15.7. The van der Waals surface area contributed by atoms with Crippen molar-refractivity contribution >= 4 is 45.3 Å². The van der Waals surface area contributed by atoms with Crippen molar-refractivity contribution in [2.45, 2.75) is 30.8 Å². The van der Waals surface area contributed by atoms with Crippen LogP contribution < -0.4 is 5.32 Å². The topological polar surface area (TPSA) is 75.2 Å². The highest BCUT2D eigenvalue weighted by Crippen LogP contribution is 2.29. The van der Waals surface area contributed by atoms with E-state index in [4.69, 9.17) is 0 Å². The van der Waals surface area contributed by atoms with Crippen molar-refractivity contribution in [2.24, 2.45) is 0 Å². The van der Waals surface area contributed by atoms with Crippen LogP contribution >= 0.6 is 23.1 Å². The fourth-order valence-electron chi connectivity index (χ4n) is 2.28. The third kappa shape index (κ3) is 2.80. The molecule has 8 heteroatoms. The molecule has 0 aromatic carbocycles. The minimum Gasteiger partial charge on any atom is -0.324 e. The first kappa shape index (κ1) is 15.2. The van der Waals surface area contributed by atoms with Gasteiger partial charge in [0.25, 0.3) is 5.91 Å². The summed E-state index contributed by atoms with van der Waals surface area (Å²) < 4.78 is 1.09. The molecule has 1 aliphatic heterocycles. The number of urea groups is 1. The molecule has 2 aromatic heterocycles. The monoisotopic (exact) mass is 336 g/mol. The lowest BCUT2D eigenvalue weighted by atomic mass is 10.1. The Morgan fingerprint density at radius 3 is 2.91 bits per heavy atom. The maximum Gasteiger partial charge on any atom is 0.325 e. The molecule has 116 valence electrons. The summed E-state index contributed by atoms with van der Waals surface area (Å²) in [5.41, 5.74) is 0.165. The van der Waals surface area contributed by atoms with Gasteiger partial charge in [0.2, 0.25) is 0 Å². The molecule has 0 bridgehead atoms. The SMILES string of the molecule is CC1(C)NC(=O)N(CCCSc2ncnc3ccsc23)C1=O. The van der Waals surface area contributed by atoms with Gasteiger partial charge >= 0.3 is 6.03 Å². The summed E-state index contributed by atoms with van der Waals surface area (Å²) in [6.45, 7) is 3.87. The van der Waals surface area contributed by atoms with Gasteiger partial charge in [-0.05, 0) is 31.7 Å². The highest BCUT2D eigenvalue weighted by atomic mass is 32.2. The first-order chi connectivity index (χ1) is 10.5. The summed E-state index contributed by atoms with van der Waals surface area (Å²) in [6, 6.07) is 1.67. The average molecular weight is 336 g/mol. The lowest BCUT2D eigenvalue weighted by molar-refractivity contribution is -0.130. The number of hydrogen-bond donors (Lipinski definition) is 1. The Bertz CT molecular complexity index is 728. The second-order valence-electron chi connectivity index (χ2n) is 5.53. The maximum absolute atomic E-state index is 12.1. The number of carbonyl (C=O) groups excluding carboxylic acids is 2. The number of thioether (sulfide) groups is 1. The molecule has 1 saturated heterocycles. The van der Waals surface area contributed by atoms with Gasteiger partial charge in [0.1, 0.15) is 16.9 Å². The van der Waals surface area contributed by atoms with E-state index < -0.39 is 5.54 Å². The number of nitrogens with zero attached hydrogens (tertiary/aromatic N) is 3. The van der Waals surface area contributed by atoms with Gasteiger partial charge < -0.3 is 5.32 Å². The van der Waals surface area contributed by atoms with Gasteiger partial charge in [-0.2, -0.15) is 0 Å². The zero-order valence-electron chi connectivity index (χ0n) is 12.3. The summed E-state index contributed by atoms with van der Waals surface area (Å²) in [5.74, 6) is 0.631. The van der Waals surface area contributed by atoms with E-state index in [-0.39, 0.29) is 11.9 Å². The standard InChI is InChI=1S/C14H16N4O2S2/c1-14(2)12(19)18(13(20)17-14)5-3-6-22-11-10-9(4-7-21-10)15-8-16-11/h4,7-8H,3,5-6H2,1-2H3,(H,17,20). The molecule has 0 unspecified atom stereocenters. The molecule has 0 saturated carbocycles. The molecule has 1 fully saturated rings. The number of aromatic nitrogens is 2. The number of hydrogen-bond acceptors (Lipinski definition) is 6. The maximum atomic E-state index is 12.1. The van der Waals surface area contributed by atoms with Crippen LogP contribution in [-0.4, -0.2) is 44.6 Å². The minimum absolute atomic E-state index is 0.162. The van der Waals surface area contributed by atoms with Gasteiger partial charge in [0.15, 0.2) is 0 Å². The van der Waals surface area contributed by atoms with Crippen molar-refractivity contribution in [1.29, 1.82) is 0 Å². The Morgan fingerprint density at radius 1 is 1.36 bits per heavy atom. The number of thiophene rings is 1. The van der Waals surface area contributed by atoms with Crippen LogP contribution in [0.25, 0.3) is 10.2 Å². The first-order valence-electron chi connectivity index (χ1n) is 6.94. The molecule has 3 rings (SSSR count). The fourth-order valence-corrected chi connectivity index (χ4v) is 4.15. The van der Waals surface area contributed by atoms with Crippen molar-refractivity contribution in [3.8, 4) is 0 Å². The normalized spacial score (nSPS) is 17.3. The Balaban J connectivity index is 1.55. The van der Waals surface area contributed by atoms with Crippen molar-refractivity contribution in [3.63, 3.8) is 0 Å². The number of carbonyl (C=O) groups is 2. The van der Waals surface area contributed by atoms with Crippen LogP contribution in [0.3, 0.4) is 0 Å². The smallest absolute Gasteiger partial charge is 0.324 e. The van der Waals surface area contributed by atoms with Crippen LogP contribution in [0.2, 0.25) is 0 Å². The quantitative estimate of drug-likeness (QED) is 0.393. The molecular formula is C14H16N4O2S2. The summed E-state index contributed by atoms with van der Waals surface area (Å²) in [6.07, 6.45) is 2.30. The Kier molecular flexibility index (Phi) is 4.05. The van der Waals surface area contributed by atoms with E-state index in [2.05, 4.69) is 15.3 Å². The van der Waals surface area contributed by atoms with Gasteiger partial charge in [-0.3, -0.25) is 9.69 Å². The van der Waals surface area contributed by atoms with Crippen LogP contribution in [-0.2, 0) is 4.79 Å². The Hall–Kier alpha value is -1.67. The summed E-state index contributed by atoms with van der Waals surface area (Å²) in [5, 5.41) is 5.64. The largest absolute Gasteiger partial charge is 0.325 e. The minimum atomic E-state index is -0.792. The fraction of sp³-hybridized carbons (Fsp3) is 0.429.